The summed E-state index contributed by atoms with van der Waals surface area (Å²) in [7, 11) is 0. The van der Waals surface area contributed by atoms with Gasteiger partial charge in [-0.15, -0.1) is 0 Å². The van der Waals surface area contributed by atoms with Gasteiger partial charge in [-0.2, -0.15) is 13.2 Å². The molecule has 0 radical (unpaired) electrons. The fourth-order valence-electron chi connectivity index (χ4n) is 2.17. The number of nitrogens with one attached hydrogen (secondary N) is 1. The van der Waals surface area contributed by atoms with Crippen molar-refractivity contribution in [1.29, 1.82) is 0 Å². The van der Waals surface area contributed by atoms with Gasteiger partial charge in [0.2, 0.25) is 0 Å². The Labute approximate surface area is 118 Å². The maximum absolute atomic E-state index is 12.8. The minimum atomic E-state index is -4.34. The minimum absolute atomic E-state index is 0.544. The number of halogens is 4. The molecule has 3 aromatic rings. The molecule has 20 heavy (non-hydrogen) atoms. The lowest BCUT2D eigenvalue weighted by atomic mass is 10.0. The van der Waals surface area contributed by atoms with E-state index in [2.05, 4.69) is 4.98 Å². The van der Waals surface area contributed by atoms with Gasteiger partial charge in [0.25, 0.3) is 0 Å². The van der Waals surface area contributed by atoms with Gasteiger partial charge in [-0.3, -0.25) is 0 Å². The van der Waals surface area contributed by atoms with Crippen LogP contribution >= 0.6 is 11.6 Å². The smallest absolute Gasteiger partial charge is 0.361 e. The Kier molecular flexibility index (Phi) is 2.98. The highest BCUT2D eigenvalue weighted by atomic mass is 35.5. The van der Waals surface area contributed by atoms with Gasteiger partial charge in [-0.05, 0) is 35.9 Å². The van der Waals surface area contributed by atoms with Crippen LogP contribution in [0, 0.1) is 0 Å². The van der Waals surface area contributed by atoms with Crippen LogP contribution in [0.4, 0.5) is 13.2 Å². The predicted molar refractivity (Wildman–Crippen MR) is 73.7 cm³/mol. The summed E-state index contributed by atoms with van der Waals surface area (Å²) >= 11 is 5.82. The van der Waals surface area contributed by atoms with Gasteiger partial charge in [0.05, 0.1) is 5.56 Å². The molecule has 1 heterocycles. The molecule has 1 nitrogen and oxygen atoms in total. The molecule has 0 amide bonds. The molecule has 3 rings (SSSR count). The van der Waals surface area contributed by atoms with Crippen LogP contribution in [-0.2, 0) is 6.18 Å². The van der Waals surface area contributed by atoms with Gasteiger partial charge in [-0.1, -0.05) is 23.7 Å². The van der Waals surface area contributed by atoms with E-state index in [1.807, 2.05) is 0 Å². The third-order valence-electron chi connectivity index (χ3n) is 3.16. The second kappa shape index (κ2) is 4.56. The Balaban J connectivity index is 2.19. The molecule has 0 saturated carbocycles. The summed E-state index contributed by atoms with van der Waals surface area (Å²) in [6.07, 6.45) is -2.64. The van der Waals surface area contributed by atoms with E-state index < -0.39 is 11.7 Å². The zero-order chi connectivity index (χ0) is 14.3. The van der Waals surface area contributed by atoms with Crippen LogP contribution in [0.5, 0.6) is 0 Å². The van der Waals surface area contributed by atoms with E-state index in [9.17, 15) is 13.2 Å². The lowest BCUT2D eigenvalue weighted by Gasteiger charge is -2.07. The van der Waals surface area contributed by atoms with Crippen LogP contribution in [-0.4, -0.2) is 4.98 Å². The molecule has 0 atom stereocenters. The molecule has 0 bridgehead atoms. The minimum Gasteiger partial charge on any atom is -0.361 e. The van der Waals surface area contributed by atoms with E-state index in [-0.39, 0.29) is 0 Å². The lowest BCUT2D eigenvalue weighted by molar-refractivity contribution is -0.137. The van der Waals surface area contributed by atoms with E-state index in [1.54, 1.807) is 30.5 Å². The SMILES string of the molecule is FC(F)(F)c1ccc2[nH]cc(-c3ccc(Cl)cc3)c2c1. The molecule has 1 N–H and O–H groups in total. The summed E-state index contributed by atoms with van der Waals surface area (Å²) in [5.41, 5.74) is 1.56. The van der Waals surface area contributed by atoms with Crippen LogP contribution in [0.15, 0.2) is 48.7 Å². The Bertz CT molecular complexity index is 757. The molecule has 102 valence electrons. The van der Waals surface area contributed by atoms with E-state index in [1.165, 1.54) is 6.07 Å². The van der Waals surface area contributed by atoms with Crippen LogP contribution < -0.4 is 0 Å². The highest BCUT2D eigenvalue weighted by Crippen LogP contribution is 2.35. The first-order valence-electron chi connectivity index (χ1n) is 5.89. The zero-order valence-corrected chi connectivity index (χ0v) is 10.9. The van der Waals surface area contributed by atoms with Gasteiger partial charge in [0, 0.05) is 27.7 Å². The predicted octanol–water partition coefficient (Wildman–Crippen LogP) is 5.51. The van der Waals surface area contributed by atoms with Crippen LogP contribution in [0.3, 0.4) is 0 Å². The van der Waals surface area contributed by atoms with E-state index in [0.717, 1.165) is 23.3 Å². The molecule has 5 heteroatoms. The highest BCUT2D eigenvalue weighted by molar-refractivity contribution is 6.30. The Morgan fingerprint density at radius 3 is 2.30 bits per heavy atom. The van der Waals surface area contributed by atoms with Crippen molar-refractivity contribution in [3.8, 4) is 11.1 Å². The number of fused-ring (bicyclic) bond motifs is 1. The summed E-state index contributed by atoms with van der Waals surface area (Å²) < 4.78 is 38.3. The molecule has 2 aromatic carbocycles. The summed E-state index contributed by atoms with van der Waals surface area (Å²) in [5.74, 6) is 0. The van der Waals surface area contributed by atoms with Crippen molar-refractivity contribution >= 4 is 22.5 Å². The fraction of sp³-hybridized carbons (Fsp3) is 0.0667. The van der Waals surface area contributed by atoms with Gasteiger partial charge >= 0.3 is 6.18 Å². The summed E-state index contributed by atoms with van der Waals surface area (Å²) in [6.45, 7) is 0. The monoisotopic (exact) mass is 295 g/mol. The number of aromatic nitrogens is 1. The third-order valence-corrected chi connectivity index (χ3v) is 3.42. The van der Waals surface area contributed by atoms with Crippen LogP contribution in [0.1, 0.15) is 5.56 Å². The Hall–Kier alpha value is -1.94. The number of rotatable bonds is 1. The second-order valence-electron chi connectivity index (χ2n) is 4.47. The fourth-order valence-corrected chi connectivity index (χ4v) is 2.29. The van der Waals surface area contributed by atoms with E-state index >= 15 is 0 Å². The Morgan fingerprint density at radius 2 is 1.65 bits per heavy atom. The maximum Gasteiger partial charge on any atom is 0.416 e. The van der Waals surface area contributed by atoms with Crippen molar-refractivity contribution in [3.05, 3.63) is 59.2 Å². The topological polar surface area (TPSA) is 15.8 Å². The number of hydrogen-bond acceptors (Lipinski definition) is 0. The van der Waals surface area contributed by atoms with Gasteiger partial charge in [0.1, 0.15) is 0 Å². The van der Waals surface area contributed by atoms with Crippen molar-refractivity contribution in [2.45, 2.75) is 6.18 Å². The van der Waals surface area contributed by atoms with Crippen molar-refractivity contribution in [3.63, 3.8) is 0 Å². The lowest BCUT2D eigenvalue weighted by Crippen LogP contribution is -2.04. The molecule has 1 aromatic heterocycles. The first-order valence-corrected chi connectivity index (χ1v) is 6.27. The van der Waals surface area contributed by atoms with E-state index in [0.29, 0.717) is 15.9 Å². The number of alkyl halides is 3. The average Bonchev–Trinajstić information content (AvgIpc) is 2.81. The zero-order valence-electron chi connectivity index (χ0n) is 10.1. The number of aromatic amines is 1. The van der Waals surface area contributed by atoms with Gasteiger partial charge in [-0.25, -0.2) is 0 Å². The van der Waals surface area contributed by atoms with Crippen LogP contribution in [0.2, 0.25) is 5.02 Å². The highest BCUT2D eigenvalue weighted by Gasteiger charge is 2.30. The molecular weight excluding hydrogens is 287 g/mol. The second-order valence-corrected chi connectivity index (χ2v) is 4.90. The van der Waals surface area contributed by atoms with Crippen molar-refractivity contribution < 1.29 is 13.2 Å². The van der Waals surface area contributed by atoms with Crippen molar-refractivity contribution in [2.24, 2.45) is 0 Å². The first kappa shape index (κ1) is 13.1. The summed E-state index contributed by atoms with van der Waals surface area (Å²) in [4.78, 5) is 2.98. The van der Waals surface area contributed by atoms with Gasteiger partial charge < -0.3 is 4.98 Å². The quantitative estimate of drug-likeness (QED) is 0.609. The van der Waals surface area contributed by atoms with Crippen molar-refractivity contribution in [1.82, 2.24) is 4.98 Å². The normalized spacial score (nSPS) is 12.0. The first-order chi connectivity index (χ1) is 9.45. The molecule has 0 saturated heterocycles. The molecule has 0 unspecified atom stereocenters. The molecule has 0 fully saturated rings. The summed E-state index contributed by atoms with van der Waals surface area (Å²) in [6, 6.07) is 10.7. The molecule has 0 aliphatic carbocycles. The van der Waals surface area contributed by atoms with Crippen molar-refractivity contribution in [2.75, 3.05) is 0 Å². The number of benzene rings is 2. The maximum atomic E-state index is 12.8. The molecule has 0 aliphatic heterocycles. The largest absolute Gasteiger partial charge is 0.416 e. The molecule has 0 spiro atoms. The third kappa shape index (κ3) is 2.27. The Morgan fingerprint density at radius 1 is 0.950 bits per heavy atom. The molecular formula is C15H9ClF3N. The van der Waals surface area contributed by atoms with E-state index in [4.69, 9.17) is 11.6 Å². The van der Waals surface area contributed by atoms with Gasteiger partial charge in [0.15, 0.2) is 0 Å². The summed E-state index contributed by atoms with van der Waals surface area (Å²) in [5, 5.41) is 1.13. The standard InChI is InChI=1S/C15H9ClF3N/c16-11-4-1-9(2-5-11)13-8-20-14-6-3-10(7-12(13)14)15(17,18)19/h1-8,20H. The number of H-pyrrole nitrogens is 1. The molecule has 0 aliphatic rings. The average molecular weight is 296 g/mol. The van der Waals surface area contributed by atoms with Crippen LogP contribution in [0.25, 0.3) is 22.0 Å². The number of hydrogen-bond donors (Lipinski definition) is 1.